The molecule has 5 heterocycles. The van der Waals surface area contributed by atoms with E-state index in [0.717, 1.165) is 60.5 Å². The molecule has 9 rings (SSSR count). The highest BCUT2D eigenvalue weighted by Gasteiger charge is 2.35. The molecule has 8 nitrogen and oxygen atoms in total. The van der Waals surface area contributed by atoms with Crippen LogP contribution in [0.3, 0.4) is 0 Å². The number of aromatic hydroxyl groups is 1. The number of likely N-dealkylation sites (N-methyl/N-ethyl adjacent to an activating group) is 2. The standard InChI is InChI=1S/C37H38N2O6/c1-38-11-9-23-17-32(41-3)33-19-26(23)27(38)14-21-6-8-30-25(13-21)20-43-36-34(42-4)18-24-10-12-39(2)28(35(24)37(36)45-30)15-22-5-7-29(40)31(16-22)44-33/h5-8,13,16-19,27-28,40H,9-12,14-15,20H2,1-4H3/t27-,28-/m1/s1. The minimum Gasteiger partial charge on any atom is -0.504 e. The fraction of sp³-hybridized carbons (Fsp3) is 0.351. The number of hydrogen-bond donors (Lipinski definition) is 1. The van der Waals surface area contributed by atoms with Gasteiger partial charge in [-0.2, -0.15) is 0 Å². The lowest BCUT2D eigenvalue weighted by Crippen LogP contribution is -2.34. The molecule has 2 atom stereocenters. The van der Waals surface area contributed by atoms with E-state index in [4.69, 9.17) is 23.7 Å². The highest BCUT2D eigenvalue weighted by molar-refractivity contribution is 5.64. The topological polar surface area (TPSA) is 72.9 Å². The minimum absolute atomic E-state index is 0.00341. The van der Waals surface area contributed by atoms with E-state index in [-0.39, 0.29) is 17.8 Å². The predicted molar refractivity (Wildman–Crippen MR) is 171 cm³/mol. The molecule has 0 aliphatic carbocycles. The Balaban J connectivity index is 1.34. The molecular formula is C37H38N2O6. The minimum atomic E-state index is 0.00341. The first-order valence-corrected chi connectivity index (χ1v) is 15.7. The maximum atomic E-state index is 11.0. The molecule has 5 aliphatic rings. The smallest absolute Gasteiger partial charge is 0.204 e. The summed E-state index contributed by atoms with van der Waals surface area (Å²) in [6.45, 7) is 2.22. The molecule has 45 heavy (non-hydrogen) atoms. The van der Waals surface area contributed by atoms with Crippen LogP contribution >= 0.6 is 0 Å². The zero-order valence-corrected chi connectivity index (χ0v) is 26.2. The lowest BCUT2D eigenvalue weighted by Gasteiger charge is -2.36. The van der Waals surface area contributed by atoms with Crippen LogP contribution in [0.25, 0.3) is 0 Å². The molecule has 0 saturated carbocycles. The van der Waals surface area contributed by atoms with Crippen LogP contribution in [0.15, 0.2) is 54.6 Å². The van der Waals surface area contributed by atoms with E-state index in [0.29, 0.717) is 41.8 Å². The van der Waals surface area contributed by atoms with Gasteiger partial charge in [0.25, 0.3) is 0 Å². The second kappa shape index (κ2) is 10.9. The molecule has 0 radical (unpaired) electrons. The van der Waals surface area contributed by atoms with Crippen molar-refractivity contribution in [1.29, 1.82) is 0 Å². The number of hydrogen-bond acceptors (Lipinski definition) is 8. The maximum absolute atomic E-state index is 11.0. The van der Waals surface area contributed by atoms with E-state index in [9.17, 15) is 5.11 Å². The zero-order valence-electron chi connectivity index (χ0n) is 26.2. The summed E-state index contributed by atoms with van der Waals surface area (Å²) in [5.74, 6) is 4.61. The lowest BCUT2D eigenvalue weighted by atomic mass is 9.87. The lowest BCUT2D eigenvalue weighted by molar-refractivity contribution is 0.221. The fourth-order valence-electron chi connectivity index (χ4n) is 7.48. The van der Waals surface area contributed by atoms with Crippen LogP contribution in [0, 0.1) is 0 Å². The molecule has 0 spiro atoms. The Morgan fingerprint density at radius 2 is 1.40 bits per heavy atom. The molecule has 8 heteroatoms. The molecule has 4 aromatic rings. The summed E-state index contributed by atoms with van der Waals surface area (Å²) in [4.78, 5) is 4.76. The number of nitrogens with zero attached hydrogens (tertiary/aromatic N) is 2. The van der Waals surface area contributed by atoms with Crippen molar-refractivity contribution in [1.82, 2.24) is 9.80 Å². The van der Waals surface area contributed by atoms with Crippen molar-refractivity contribution in [3.8, 4) is 46.0 Å². The van der Waals surface area contributed by atoms with E-state index in [1.165, 1.54) is 22.3 Å². The predicted octanol–water partition coefficient (Wildman–Crippen LogP) is 6.74. The van der Waals surface area contributed by atoms with Crippen LogP contribution in [-0.2, 0) is 32.3 Å². The van der Waals surface area contributed by atoms with Crippen molar-refractivity contribution in [2.45, 2.75) is 44.4 Å². The number of benzene rings is 4. The Hall–Kier alpha value is -4.40. The highest BCUT2D eigenvalue weighted by atomic mass is 16.5. The Morgan fingerprint density at radius 1 is 0.689 bits per heavy atom. The Bertz CT molecular complexity index is 1820. The van der Waals surface area contributed by atoms with Gasteiger partial charge < -0.3 is 28.8 Å². The number of ether oxygens (including phenoxy) is 5. The first-order chi connectivity index (χ1) is 21.9. The third-order valence-electron chi connectivity index (χ3n) is 10.0. The molecule has 232 valence electrons. The van der Waals surface area contributed by atoms with Gasteiger partial charge in [-0.3, -0.25) is 9.80 Å². The van der Waals surface area contributed by atoms with Gasteiger partial charge in [0.15, 0.2) is 34.5 Å². The summed E-state index contributed by atoms with van der Waals surface area (Å²) in [5.41, 5.74) is 8.01. The number of fused-ring (bicyclic) bond motifs is 1. The molecular weight excluding hydrogens is 568 g/mol. The van der Waals surface area contributed by atoms with Crippen molar-refractivity contribution in [3.63, 3.8) is 0 Å². The Kier molecular flexibility index (Phi) is 6.80. The summed E-state index contributed by atoms with van der Waals surface area (Å²) >= 11 is 0. The van der Waals surface area contributed by atoms with Crippen molar-refractivity contribution >= 4 is 0 Å². The van der Waals surface area contributed by atoms with Crippen LogP contribution < -0.4 is 23.7 Å². The highest BCUT2D eigenvalue weighted by Crippen LogP contribution is 2.52. The van der Waals surface area contributed by atoms with Gasteiger partial charge in [0, 0.05) is 36.3 Å². The third-order valence-corrected chi connectivity index (χ3v) is 10.0. The summed E-state index contributed by atoms with van der Waals surface area (Å²) in [5, 5.41) is 11.0. The van der Waals surface area contributed by atoms with Crippen LogP contribution in [0.1, 0.15) is 51.0 Å². The maximum Gasteiger partial charge on any atom is 0.204 e. The normalized spacial score (nSPS) is 20.3. The van der Waals surface area contributed by atoms with Gasteiger partial charge in [0.1, 0.15) is 12.4 Å². The quantitative estimate of drug-likeness (QED) is 0.269. The summed E-state index contributed by atoms with van der Waals surface area (Å²) < 4.78 is 31.6. The van der Waals surface area contributed by atoms with E-state index in [2.05, 4.69) is 60.3 Å². The van der Waals surface area contributed by atoms with Gasteiger partial charge in [0.05, 0.1) is 14.2 Å². The van der Waals surface area contributed by atoms with Gasteiger partial charge >= 0.3 is 0 Å². The Labute approximate surface area is 263 Å². The average molecular weight is 607 g/mol. The zero-order chi connectivity index (χ0) is 30.8. The molecule has 0 fully saturated rings. The van der Waals surface area contributed by atoms with E-state index < -0.39 is 0 Å². The van der Waals surface area contributed by atoms with E-state index >= 15 is 0 Å². The van der Waals surface area contributed by atoms with Crippen LogP contribution in [-0.4, -0.2) is 56.3 Å². The van der Waals surface area contributed by atoms with Crippen LogP contribution in [0.2, 0.25) is 0 Å². The summed E-state index contributed by atoms with van der Waals surface area (Å²) in [6, 6.07) is 18.6. The second-order valence-electron chi connectivity index (χ2n) is 12.6. The van der Waals surface area contributed by atoms with E-state index in [1.807, 2.05) is 12.1 Å². The number of methoxy groups -OCH3 is 2. The van der Waals surface area contributed by atoms with Crippen molar-refractivity contribution < 1.29 is 28.8 Å². The van der Waals surface area contributed by atoms with E-state index in [1.54, 1.807) is 20.3 Å². The largest absolute Gasteiger partial charge is 0.504 e. The average Bonchev–Trinajstić information content (AvgIpc) is 3.24. The summed E-state index contributed by atoms with van der Waals surface area (Å²) in [6.07, 6.45) is 3.28. The molecule has 8 bridgehead atoms. The first-order valence-electron chi connectivity index (χ1n) is 15.7. The molecule has 5 aliphatic heterocycles. The van der Waals surface area contributed by atoms with Gasteiger partial charge in [-0.1, -0.05) is 12.1 Å². The second-order valence-corrected chi connectivity index (χ2v) is 12.6. The molecule has 0 amide bonds. The Morgan fingerprint density at radius 3 is 2.22 bits per heavy atom. The van der Waals surface area contributed by atoms with Gasteiger partial charge in [0.2, 0.25) is 5.75 Å². The fourth-order valence-corrected chi connectivity index (χ4v) is 7.48. The summed E-state index contributed by atoms with van der Waals surface area (Å²) in [7, 11) is 7.68. The van der Waals surface area contributed by atoms with Crippen LogP contribution in [0.5, 0.6) is 46.0 Å². The number of rotatable bonds is 2. The van der Waals surface area contributed by atoms with Gasteiger partial charge in [-0.25, -0.2) is 0 Å². The van der Waals surface area contributed by atoms with Crippen molar-refractivity contribution in [2.24, 2.45) is 0 Å². The van der Waals surface area contributed by atoms with Crippen molar-refractivity contribution in [2.75, 3.05) is 41.4 Å². The van der Waals surface area contributed by atoms with Gasteiger partial charge in [-0.15, -0.1) is 0 Å². The van der Waals surface area contributed by atoms with Crippen molar-refractivity contribution in [3.05, 3.63) is 93.5 Å². The first kappa shape index (κ1) is 28.1. The molecule has 0 aromatic heterocycles. The van der Waals surface area contributed by atoms with Gasteiger partial charge in [-0.05, 0) is 110 Å². The third kappa shape index (κ3) is 4.75. The molecule has 4 aromatic carbocycles. The number of phenolic OH excluding ortho intramolecular Hbond substituents is 1. The monoisotopic (exact) mass is 606 g/mol. The molecule has 1 N–H and O–H groups in total. The van der Waals surface area contributed by atoms with Crippen LogP contribution in [0.4, 0.5) is 0 Å². The SMILES string of the molecule is COc1cc2c3cc1Oc1cc(ccc1O)C[C@@H]1c4c(cc(OC)c5c4Oc4ccc(cc4CO5)C[C@H]3N(C)CC2)CCN1C. The molecule has 0 saturated heterocycles. The molecule has 0 unspecified atom stereocenters. The number of phenols is 1.